The number of fused-ring (bicyclic) bond motifs is 1. The standard InChI is InChI=1S/C16H21N3O/c1-12(19-10-6-2-3-7-11-19)15-17-14-9-5-4-8-13(14)16(20)18-15/h4-5,8-9,12H,2-3,6-7,10-11H2,1H3,(H,17,18,20)/p+1/t12-/m1/s1. The third-order valence-corrected chi connectivity index (χ3v) is 4.40. The molecule has 2 N–H and O–H groups in total. The summed E-state index contributed by atoms with van der Waals surface area (Å²) in [6.07, 6.45) is 5.21. The Labute approximate surface area is 118 Å². The lowest BCUT2D eigenvalue weighted by Gasteiger charge is -2.23. The van der Waals surface area contributed by atoms with Crippen LogP contribution in [0.3, 0.4) is 0 Å². The van der Waals surface area contributed by atoms with E-state index in [4.69, 9.17) is 0 Å². The Bertz CT molecular complexity index is 641. The van der Waals surface area contributed by atoms with Crippen molar-refractivity contribution in [3.63, 3.8) is 0 Å². The van der Waals surface area contributed by atoms with E-state index in [1.807, 2.05) is 24.3 Å². The third kappa shape index (κ3) is 2.61. The van der Waals surface area contributed by atoms with E-state index in [1.54, 1.807) is 4.90 Å². The molecule has 1 aromatic heterocycles. The van der Waals surface area contributed by atoms with Crippen LogP contribution in [0.25, 0.3) is 10.9 Å². The topological polar surface area (TPSA) is 50.2 Å². The van der Waals surface area contributed by atoms with E-state index < -0.39 is 0 Å². The zero-order valence-corrected chi connectivity index (χ0v) is 12.0. The van der Waals surface area contributed by atoms with Gasteiger partial charge in [0.2, 0.25) is 0 Å². The van der Waals surface area contributed by atoms with Crippen LogP contribution in [-0.2, 0) is 0 Å². The minimum atomic E-state index is -0.0216. The van der Waals surface area contributed by atoms with Crippen LogP contribution in [0.2, 0.25) is 0 Å². The lowest BCUT2D eigenvalue weighted by Crippen LogP contribution is -3.11. The van der Waals surface area contributed by atoms with Crippen molar-refractivity contribution in [2.75, 3.05) is 13.1 Å². The van der Waals surface area contributed by atoms with Gasteiger partial charge in [0.15, 0.2) is 5.82 Å². The van der Waals surface area contributed by atoms with Gasteiger partial charge in [-0.25, -0.2) is 4.98 Å². The summed E-state index contributed by atoms with van der Waals surface area (Å²) in [5, 5.41) is 0.675. The van der Waals surface area contributed by atoms with Crippen LogP contribution in [0.15, 0.2) is 29.1 Å². The molecule has 0 spiro atoms. The van der Waals surface area contributed by atoms with Crippen molar-refractivity contribution in [1.82, 2.24) is 9.97 Å². The highest BCUT2D eigenvalue weighted by Gasteiger charge is 2.23. The molecule has 4 heteroatoms. The summed E-state index contributed by atoms with van der Waals surface area (Å²) < 4.78 is 0. The molecule has 4 nitrogen and oxygen atoms in total. The highest BCUT2D eigenvalue weighted by Crippen LogP contribution is 2.10. The second kappa shape index (κ2) is 5.75. The molecule has 1 atom stereocenters. The summed E-state index contributed by atoms with van der Waals surface area (Å²) in [6, 6.07) is 7.81. The van der Waals surface area contributed by atoms with Crippen LogP contribution >= 0.6 is 0 Å². The zero-order valence-electron chi connectivity index (χ0n) is 12.0. The molecular weight excluding hydrogens is 250 g/mol. The summed E-state index contributed by atoms with van der Waals surface area (Å²) in [4.78, 5) is 21.3. The Kier molecular flexibility index (Phi) is 3.83. The molecule has 1 aromatic carbocycles. The maximum Gasteiger partial charge on any atom is 0.258 e. The average Bonchev–Trinajstić information content (AvgIpc) is 2.75. The molecule has 106 valence electrons. The van der Waals surface area contributed by atoms with Crippen LogP contribution in [0.5, 0.6) is 0 Å². The van der Waals surface area contributed by atoms with Crippen molar-refractivity contribution in [3.8, 4) is 0 Å². The summed E-state index contributed by atoms with van der Waals surface area (Å²) in [5.74, 6) is 0.825. The Balaban J connectivity index is 1.94. The Morgan fingerprint density at radius 2 is 1.85 bits per heavy atom. The van der Waals surface area contributed by atoms with E-state index in [1.165, 1.54) is 38.8 Å². The molecular formula is C16H22N3O+. The van der Waals surface area contributed by atoms with Gasteiger partial charge in [0.25, 0.3) is 5.56 Å². The molecule has 0 bridgehead atoms. The first kappa shape index (κ1) is 13.3. The van der Waals surface area contributed by atoms with Crippen LogP contribution in [0.1, 0.15) is 44.5 Å². The fourth-order valence-corrected chi connectivity index (χ4v) is 3.12. The molecule has 2 aromatic rings. The average molecular weight is 272 g/mol. The van der Waals surface area contributed by atoms with Crippen molar-refractivity contribution in [2.24, 2.45) is 0 Å². The van der Waals surface area contributed by atoms with Crippen LogP contribution < -0.4 is 10.5 Å². The number of benzene rings is 1. The van der Waals surface area contributed by atoms with Gasteiger partial charge in [0.05, 0.1) is 24.0 Å². The molecule has 1 saturated heterocycles. The molecule has 0 aliphatic carbocycles. The summed E-state index contributed by atoms with van der Waals surface area (Å²) in [6.45, 7) is 4.53. The quantitative estimate of drug-likeness (QED) is 0.869. The van der Waals surface area contributed by atoms with E-state index in [9.17, 15) is 4.79 Å². The summed E-state index contributed by atoms with van der Waals surface area (Å²) in [7, 11) is 0. The number of H-pyrrole nitrogens is 1. The van der Waals surface area contributed by atoms with Crippen molar-refractivity contribution < 1.29 is 4.90 Å². The number of quaternary nitrogens is 1. The lowest BCUT2D eigenvalue weighted by molar-refractivity contribution is -0.929. The molecule has 2 heterocycles. The summed E-state index contributed by atoms with van der Waals surface area (Å²) >= 11 is 0. The molecule has 1 aliphatic rings. The third-order valence-electron chi connectivity index (χ3n) is 4.40. The monoisotopic (exact) mass is 272 g/mol. The number of hydrogen-bond acceptors (Lipinski definition) is 2. The highest BCUT2D eigenvalue weighted by molar-refractivity contribution is 5.77. The largest absolute Gasteiger partial charge is 0.326 e. The highest BCUT2D eigenvalue weighted by atomic mass is 16.1. The number of para-hydroxylation sites is 1. The first-order valence-corrected chi connectivity index (χ1v) is 7.59. The molecule has 0 saturated carbocycles. The first-order valence-electron chi connectivity index (χ1n) is 7.59. The molecule has 0 radical (unpaired) electrons. The Morgan fingerprint density at radius 3 is 2.60 bits per heavy atom. The van der Waals surface area contributed by atoms with E-state index >= 15 is 0 Å². The van der Waals surface area contributed by atoms with Gasteiger partial charge in [-0.3, -0.25) is 4.79 Å². The van der Waals surface area contributed by atoms with Gasteiger partial charge in [0, 0.05) is 0 Å². The minimum absolute atomic E-state index is 0.0216. The number of nitrogens with zero attached hydrogens (tertiary/aromatic N) is 1. The number of rotatable bonds is 2. The van der Waals surface area contributed by atoms with Crippen LogP contribution in [0, 0.1) is 0 Å². The molecule has 1 fully saturated rings. The van der Waals surface area contributed by atoms with Crippen molar-refractivity contribution in [2.45, 2.75) is 38.6 Å². The predicted octanol–water partition coefficient (Wildman–Crippen LogP) is 1.44. The predicted molar refractivity (Wildman–Crippen MR) is 79.9 cm³/mol. The SMILES string of the molecule is C[C@H](c1nc2ccccc2c(=O)[nH]1)[NH+]1CCCCCC1. The van der Waals surface area contributed by atoms with Crippen molar-refractivity contribution in [1.29, 1.82) is 0 Å². The molecule has 0 unspecified atom stereocenters. The second-order valence-corrected chi connectivity index (χ2v) is 5.76. The Morgan fingerprint density at radius 1 is 1.15 bits per heavy atom. The van der Waals surface area contributed by atoms with E-state index in [0.29, 0.717) is 5.39 Å². The van der Waals surface area contributed by atoms with Gasteiger partial charge in [0.1, 0.15) is 6.04 Å². The van der Waals surface area contributed by atoms with Crippen LogP contribution in [-0.4, -0.2) is 23.1 Å². The van der Waals surface area contributed by atoms with Gasteiger partial charge < -0.3 is 9.88 Å². The molecule has 1 aliphatic heterocycles. The summed E-state index contributed by atoms with van der Waals surface area (Å²) in [5.41, 5.74) is 0.777. The fourth-order valence-electron chi connectivity index (χ4n) is 3.12. The van der Waals surface area contributed by atoms with Crippen molar-refractivity contribution in [3.05, 3.63) is 40.4 Å². The lowest BCUT2D eigenvalue weighted by atomic mass is 10.2. The van der Waals surface area contributed by atoms with Crippen molar-refractivity contribution >= 4 is 10.9 Å². The maximum absolute atomic E-state index is 12.1. The van der Waals surface area contributed by atoms with E-state index in [2.05, 4.69) is 16.9 Å². The van der Waals surface area contributed by atoms with Gasteiger partial charge in [-0.1, -0.05) is 12.1 Å². The number of aromatic nitrogens is 2. The Hall–Kier alpha value is -1.68. The van der Waals surface area contributed by atoms with Gasteiger partial charge >= 0.3 is 0 Å². The normalized spacial score (nSPS) is 18.9. The zero-order chi connectivity index (χ0) is 13.9. The van der Waals surface area contributed by atoms with Gasteiger partial charge in [-0.2, -0.15) is 0 Å². The second-order valence-electron chi connectivity index (χ2n) is 5.76. The fraction of sp³-hybridized carbons (Fsp3) is 0.500. The number of nitrogens with one attached hydrogen (secondary N) is 2. The van der Waals surface area contributed by atoms with Gasteiger partial charge in [-0.05, 0) is 44.7 Å². The number of likely N-dealkylation sites (tertiary alicyclic amines) is 1. The molecule has 20 heavy (non-hydrogen) atoms. The van der Waals surface area contributed by atoms with Crippen LogP contribution in [0.4, 0.5) is 0 Å². The molecule has 0 amide bonds. The minimum Gasteiger partial charge on any atom is -0.326 e. The number of aromatic amines is 1. The first-order chi connectivity index (χ1) is 9.75. The maximum atomic E-state index is 12.1. The van der Waals surface area contributed by atoms with E-state index in [0.717, 1.165) is 11.3 Å². The van der Waals surface area contributed by atoms with Gasteiger partial charge in [-0.15, -0.1) is 0 Å². The smallest absolute Gasteiger partial charge is 0.258 e. The number of hydrogen-bond donors (Lipinski definition) is 2. The molecule has 3 rings (SSSR count). The van der Waals surface area contributed by atoms with E-state index in [-0.39, 0.29) is 11.6 Å².